The average molecular weight is 332 g/mol. The lowest BCUT2D eigenvalue weighted by molar-refractivity contribution is -0.0440. The highest BCUT2D eigenvalue weighted by Gasteiger charge is 2.33. The van der Waals surface area contributed by atoms with E-state index in [0.29, 0.717) is 24.5 Å². The molecule has 0 radical (unpaired) electrons. The van der Waals surface area contributed by atoms with E-state index in [4.69, 9.17) is 4.74 Å². The number of nitrogens with zero attached hydrogens (tertiary/aromatic N) is 1. The maximum atomic E-state index is 12.8. The van der Waals surface area contributed by atoms with Crippen LogP contribution in [0.4, 0.5) is 0 Å². The Hall–Kier alpha value is -0.470. The lowest BCUT2D eigenvalue weighted by Crippen LogP contribution is -2.48. The van der Waals surface area contributed by atoms with E-state index in [1.54, 1.807) is 15.6 Å². The second-order valence-corrected chi connectivity index (χ2v) is 8.74. The molecule has 0 bridgehead atoms. The normalized spacial score (nSPS) is 24.4. The number of sulfonamides is 1. The van der Waals surface area contributed by atoms with E-state index < -0.39 is 10.0 Å². The van der Waals surface area contributed by atoms with E-state index in [-0.39, 0.29) is 12.2 Å². The van der Waals surface area contributed by atoms with E-state index >= 15 is 0 Å². The highest BCUT2D eigenvalue weighted by Crippen LogP contribution is 2.29. The fraction of sp³-hybridized carbons (Fsp3) is 0.714. The van der Waals surface area contributed by atoms with Gasteiger partial charge in [0.25, 0.3) is 0 Å². The quantitative estimate of drug-likeness (QED) is 0.895. The van der Waals surface area contributed by atoms with Crippen molar-refractivity contribution >= 4 is 21.4 Å². The number of thiophene rings is 1. The Morgan fingerprint density at radius 3 is 2.57 bits per heavy atom. The highest BCUT2D eigenvalue weighted by atomic mass is 32.2. The molecule has 1 aliphatic heterocycles. The Morgan fingerprint density at radius 1 is 1.38 bits per heavy atom. The molecule has 0 unspecified atom stereocenters. The number of ether oxygens (including phenoxy) is 1. The fourth-order valence-corrected chi connectivity index (χ4v) is 5.75. The van der Waals surface area contributed by atoms with Crippen molar-refractivity contribution in [3.05, 3.63) is 15.8 Å². The Labute approximate surface area is 131 Å². The largest absolute Gasteiger partial charge is 0.373 e. The highest BCUT2D eigenvalue weighted by molar-refractivity contribution is 7.89. The summed E-state index contributed by atoms with van der Waals surface area (Å²) in [6.07, 6.45) is -0.132. The molecule has 1 N–H and O–H groups in total. The van der Waals surface area contributed by atoms with Crippen LogP contribution in [0.3, 0.4) is 0 Å². The molecule has 120 valence electrons. The van der Waals surface area contributed by atoms with Crippen molar-refractivity contribution < 1.29 is 13.2 Å². The van der Waals surface area contributed by atoms with Crippen LogP contribution in [0.25, 0.3) is 0 Å². The molecule has 1 aromatic rings. The predicted octanol–water partition coefficient (Wildman–Crippen LogP) is 1.96. The van der Waals surface area contributed by atoms with E-state index in [0.717, 1.165) is 16.3 Å². The molecule has 0 aliphatic carbocycles. The summed E-state index contributed by atoms with van der Waals surface area (Å²) >= 11 is 1.55. The van der Waals surface area contributed by atoms with Crippen molar-refractivity contribution in [1.29, 1.82) is 0 Å². The molecule has 0 saturated carbocycles. The van der Waals surface area contributed by atoms with Crippen molar-refractivity contribution in [1.82, 2.24) is 9.62 Å². The second-order valence-electron chi connectivity index (χ2n) is 5.49. The van der Waals surface area contributed by atoms with E-state index in [9.17, 15) is 8.42 Å². The minimum atomic E-state index is -3.43. The molecular formula is C14H24N2O3S2. The number of rotatable bonds is 5. The maximum Gasteiger partial charge on any atom is 0.244 e. The van der Waals surface area contributed by atoms with Gasteiger partial charge in [0.15, 0.2) is 0 Å². The molecule has 1 aromatic heterocycles. The Kier molecular flexibility index (Phi) is 5.43. The molecule has 0 spiro atoms. The molecule has 2 heterocycles. The molecule has 1 fully saturated rings. The van der Waals surface area contributed by atoms with E-state index in [1.165, 1.54) is 0 Å². The van der Waals surface area contributed by atoms with E-state index in [1.807, 2.05) is 33.8 Å². The zero-order valence-corrected chi connectivity index (χ0v) is 14.7. The van der Waals surface area contributed by atoms with Gasteiger partial charge in [0.05, 0.1) is 17.1 Å². The second kappa shape index (κ2) is 6.75. The van der Waals surface area contributed by atoms with Crippen molar-refractivity contribution in [2.24, 2.45) is 0 Å². The van der Waals surface area contributed by atoms with Crippen LogP contribution in [0.1, 0.15) is 30.5 Å². The van der Waals surface area contributed by atoms with Gasteiger partial charge in [0, 0.05) is 29.4 Å². The molecule has 21 heavy (non-hydrogen) atoms. The molecule has 2 atom stereocenters. The standard InChI is InChI=1S/C14H24N2O3S2/c1-5-15-7-13-6-14(12(4)20-13)21(17,18)16-8-10(2)19-11(3)9-16/h6,10-11,15H,5,7-9H2,1-4H3/t10-,11+. The zero-order chi connectivity index (χ0) is 15.6. The summed E-state index contributed by atoms with van der Waals surface area (Å²) in [5, 5.41) is 3.23. The summed E-state index contributed by atoms with van der Waals surface area (Å²) in [4.78, 5) is 2.36. The predicted molar refractivity (Wildman–Crippen MR) is 85.2 cm³/mol. The topological polar surface area (TPSA) is 58.6 Å². The van der Waals surface area contributed by atoms with Crippen LogP contribution in [0.5, 0.6) is 0 Å². The molecule has 7 heteroatoms. The average Bonchev–Trinajstić information content (AvgIpc) is 2.77. The van der Waals surface area contributed by atoms with Crippen LogP contribution in [0.15, 0.2) is 11.0 Å². The number of hydrogen-bond donors (Lipinski definition) is 1. The monoisotopic (exact) mass is 332 g/mol. The molecule has 0 amide bonds. The van der Waals surface area contributed by atoms with Crippen LogP contribution < -0.4 is 5.32 Å². The van der Waals surface area contributed by atoms with Gasteiger partial charge in [0.1, 0.15) is 0 Å². The van der Waals surface area contributed by atoms with E-state index in [2.05, 4.69) is 5.32 Å². The van der Waals surface area contributed by atoms with Crippen LogP contribution in [-0.2, 0) is 21.3 Å². The molecule has 2 rings (SSSR count). The minimum absolute atomic E-state index is 0.0660. The zero-order valence-electron chi connectivity index (χ0n) is 13.0. The first-order chi connectivity index (χ1) is 9.84. The van der Waals surface area contributed by atoms with Gasteiger partial charge in [-0.05, 0) is 33.4 Å². The summed E-state index contributed by atoms with van der Waals surface area (Å²) in [6.45, 7) is 10.2. The summed E-state index contributed by atoms with van der Waals surface area (Å²) < 4.78 is 32.9. The van der Waals surface area contributed by atoms with Gasteiger partial charge in [-0.15, -0.1) is 11.3 Å². The SMILES string of the molecule is CCNCc1cc(S(=O)(=O)N2C[C@@H](C)O[C@@H](C)C2)c(C)s1. The third-order valence-corrected chi connectivity index (χ3v) is 6.61. The van der Waals surface area contributed by atoms with Crippen LogP contribution in [0.2, 0.25) is 0 Å². The minimum Gasteiger partial charge on any atom is -0.373 e. The van der Waals surface area contributed by atoms with Gasteiger partial charge in [-0.2, -0.15) is 4.31 Å². The molecular weight excluding hydrogens is 308 g/mol. The maximum absolute atomic E-state index is 12.8. The third kappa shape index (κ3) is 3.84. The number of morpholine rings is 1. The van der Waals surface area contributed by atoms with Crippen molar-refractivity contribution in [2.45, 2.75) is 51.3 Å². The smallest absolute Gasteiger partial charge is 0.244 e. The van der Waals surface area contributed by atoms with Gasteiger partial charge in [-0.1, -0.05) is 6.92 Å². The summed E-state index contributed by atoms with van der Waals surface area (Å²) in [6, 6.07) is 1.81. The third-order valence-electron chi connectivity index (χ3n) is 3.48. The van der Waals surface area contributed by atoms with Gasteiger partial charge in [-0.25, -0.2) is 8.42 Å². The van der Waals surface area contributed by atoms with Crippen LogP contribution in [-0.4, -0.2) is 44.6 Å². The lowest BCUT2D eigenvalue weighted by Gasteiger charge is -2.34. The van der Waals surface area contributed by atoms with Gasteiger partial charge < -0.3 is 10.1 Å². The van der Waals surface area contributed by atoms with Crippen molar-refractivity contribution in [3.8, 4) is 0 Å². The van der Waals surface area contributed by atoms with Crippen molar-refractivity contribution in [3.63, 3.8) is 0 Å². The first-order valence-corrected chi connectivity index (χ1v) is 9.56. The first kappa shape index (κ1) is 16.9. The molecule has 5 nitrogen and oxygen atoms in total. The fourth-order valence-electron chi connectivity index (χ4n) is 2.58. The summed E-state index contributed by atoms with van der Waals surface area (Å²) in [7, 11) is -3.43. The van der Waals surface area contributed by atoms with Gasteiger partial charge >= 0.3 is 0 Å². The Bertz CT molecular complexity index is 573. The van der Waals surface area contributed by atoms with Crippen molar-refractivity contribution in [2.75, 3.05) is 19.6 Å². The number of aryl methyl sites for hydroxylation is 1. The lowest BCUT2D eigenvalue weighted by atomic mass is 10.3. The Balaban J connectivity index is 2.24. The first-order valence-electron chi connectivity index (χ1n) is 7.30. The number of hydrogen-bond acceptors (Lipinski definition) is 5. The molecule has 1 saturated heterocycles. The summed E-state index contributed by atoms with van der Waals surface area (Å²) in [5.41, 5.74) is 0. The molecule has 0 aromatic carbocycles. The molecule has 1 aliphatic rings. The number of nitrogens with one attached hydrogen (secondary N) is 1. The Morgan fingerprint density at radius 2 is 2.00 bits per heavy atom. The van der Waals surface area contributed by atoms with Crippen LogP contribution >= 0.6 is 11.3 Å². The van der Waals surface area contributed by atoms with Gasteiger partial charge in [0.2, 0.25) is 10.0 Å². The summed E-state index contributed by atoms with van der Waals surface area (Å²) in [5.74, 6) is 0. The van der Waals surface area contributed by atoms with Crippen LogP contribution in [0, 0.1) is 6.92 Å². The van der Waals surface area contributed by atoms with Gasteiger partial charge in [-0.3, -0.25) is 0 Å².